The Morgan fingerprint density at radius 1 is 1.07 bits per heavy atom. The van der Waals surface area contributed by atoms with Crippen LogP contribution in [0.5, 0.6) is 0 Å². The topological polar surface area (TPSA) is 71.1 Å². The lowest BCUT2D eigenvalue weighted by atomic mass is 10.0. The van der Waals surface area contributed by atoms with Crippen LogP contribution in [0.25, 0.3) is 10.2 Å². The van der Waals surface area contributed by atoms with Gasteiger partial charge in [-0.3, -0.25) is 9.59 Å². The van der Waals surface area contributed by atoms with Crippen molar-refractivity contribution < 1.29 is 9.59 Å². The summed E-state index contributed by atoms with van der Waals surface area (Å²) in [5, 5.41) is 6.26. The quantitative estimate of drug-likeness (QED) is 0.692. The number of carbonyl (C=O) groups is 2. The first kappa shape index (κ1) is 19.0. The molecule has 140 valence electrons. The van der Waals surface area contributed by atoms with Crippen LogP contribution in [0.3, 0.4) is 0 Å². The monoisotopic (exact) mass is 381 g/mol. The van der Waals surface area contributed by atoms with Gasteiger partial charge in [-0.05, 0) is 49.1 Å². The van der Waals surface area contributed by atoms with Gasteiger partial charge in [-0.2, -0.15) is 0 Å². The van der Waals surface area contributed by atoms with E-state index in [0.717, 1.165) is 21.3 Å². The number of amides is 2. The molecule has 0 saturated heterocycles. The van der Waals surface area contributed by atoms with Crippen molar-refractivity contribution in [2.45, 2.75) is 33.7 Å². The Kier molecular flexibility index (Phi) is 5.56. The summed E-state index contributed by atoms with van der Waals surface area (Å²) >= 11 is 1.43. The van der Waals surface area contributed by atoms with Crippen LogP contribution >= 0.6 is 11.3 Å². The van der Waals surface area contributed by atoms with Gasteiger partial charge in [0.05, 0.1) is 10.2 Å². The molecule has 3 rings (SSSR count). The Hall–Kier alpha value is -2.73. The largest absolute Gasteiger partial charge is 0.340 e. The highest BCUT2D eigenvalue weighted by molar-refractivity contribution is 7.22. The number of aromatic nitrogens is 1. The zero-order valence-electron chi connectivity index (χ0n) is 15.9. The van der Waals surface area contributed by atoms with Crippen molar-refractivity contribution >= 4 is 38.5 Å². The molecular weight excluding hydrogens is 358 g/mol. The van der Waals surface area contributed by atoms with Crippen molar-refractivity contribution in [1.82, 2.24) is 10.3 Å². The second-order valence-corrected chi connectivity index (χ2v) is 8.02. The van der Waals surface area contributed by atoms with Gasteiger partial charge in [0, 0.05) is 5.56 Å². The fraction of sp³-hybridized carbons (Fsp3) is 0.286. The summed E-state index contributed by atoms with van der Waals surface area (Å²) in [6.45, 7) is 7.71. The van der Waals surface area contributed by atoms with E-state index in [1.807, 2.05) is 64.1 Å². The molecule has 1 atom stereocenters. The van der Waals surface area contributed by atoms with Gasteiger partial charge in [0.2, 0.25) is 5.91 Å². The Morgan fingerprint density at radius 3 is 2.52 bits per heavy atom. The molecule has 0 aliphatic rings. The number of carbonyl (C=O) groups excluding carboxylic acids is 2. The molecule has 1 unspecified atom stereocenters. The van der Waals surface area contributed by atoms with Gasteiger partial charge >= 0.3 is 0 Å². The zero-order valence-corrected chi connectivity index (χ0v) is 16.7. The molecule has 0 aliphatic carbocycles. The molecule has 2 amide bonds. The van der Waals surface area contributed by atoms with Crippen LogP contribution in [0, 0.1) is 19.8 Å². The Balaban J connectivity index is 1.76. The molecule has 0 spiro atoms. The third-order valence-electron chi connectivity index (χ3n) is 4.40. The Morgan fingerprint density at radius 2 is 1.81 bits per heavy atom. The van der Waals surface area contributed by atoms with Crippen LogP contribution in [-0.4, -0.2) is 22.8 Å². The standard InChI is InChI=1S/C21H23N3O2S/c1-12(2)18(23-19(25)15-8-6-5-7-14(15)4)20(26)24-21-22-16-10-9-13(3)11-17(16)27-21/h5-12,18H,1-4H3,(H,23,25)(H,22,24,26). The van der Waals surface area contributed by atoms with E-state index in [4.69, 9.17) is 0 Å². The molecule has 5 nitrogen and oxygen atoms in total. The van der Waals surface area contributed by atoms with E-state index in [9.17, 15) is 9.59 Å². The van der Waals surface area contributed by atoms with Crippen molar-refractivity contribution in [3.8, 4) is 0 Å². The first-order chi connectivity index (χ1) is 12.8. The number of benzene rings is 2. The molecule has 27 heavy (non-hydrogen) atoms. The van der Waals surface area contributed by atoms with Crippen LogP contribution in [0.15, 0.2) is 42.5 Å². The summed E-state index contributed by atoms with van der Waals surface area (Å²) in [6.07, 6.45) is 0. The van der Waals surface area contributed by atoms with Crippen molar-refractivity contribution in [2.75, 3.05) is 5.32 Å². The normalized spacial score (nSPS) is 12.2. The Labute approximate surface area is 162 Å². The molecule has 0 aliphatic heterocycles. The summed E-state index contributed by atoms with van der Waals surface area (Å²) in [6, 6.07) is 12.7. The minimum atomic E-state index is -0.647. The number of fused-ring (bicyclic) bond motifs is 1. The maximum Gasteiger partial charge on any atom is 0.252 e. The lowest BCUT2D eigenvalue weighted by Crippen LogP contribution is -2.47. The molecule has 0 radical (unpaired) electrons. The molecule has 3 aromatic rings. The van der Waals surface area contributed by atoms with Crippen molar-refractivity contribution in [3.05, 3.63) is 59.2 Å². The minimum absolute atomic E-state index is 0.0606. The van der Waals surface area contributed by atoms with Crippen LogP contribution in [-0.2, 0) is 4.79 Å². The maximum atomic E-state index is 12.8. The number of rotatable bonds is 5. The average Bonchev–Trinajstić information content (AvgIpc) is 3.00. The van der Waals surface area contributed by atoms with Crippen LogP contribution < -0.4 is 10.6 Å². The second kappa shape index (κ2) is 7.88. The third-order valence-corrected chi connectivity index (χ3v) is 5.33. The minimum Gasteiger partial charge on any atom is -0.340 e. The Bertz CT molecular complexity index is 994. The van der Waals surface area contributed by atoms with Crippen LogP contribution in [0.4, 0.5) is 5.13 Å². The molecule has 1 heterocycles. The van der Waals surface area contributed by atoms with Gasteiger partial charge in [0.1, 0.15) is 6.04 Å². The molecule has 2 aromatic carbocycles. The number of nitrogens with one attached hydrogen (secondary N) is 2. The summed E-state index contributed by atoms with van der Waals surface area (Å²) in [5.41, 5.74) is 3.45. The van der Waals surface area contributed by atoms with Gasteiger partial charge in [0.15, 0.2) is 5.13 Å². The number of nitrogens with zero attached hydrogens (tertiary/aromatic N) is 1. The van der Waals surface area contributed by atoms with E-state index in [-0.39, 0.29) is 17.7 Å². The number of hydrogen-bond donors (Lipinski definition) is 2. The first-order valence-corrected chi connectivity index (χ1v) is 9.71. The lowest BCUT2D eigenvalue weighted by Gasteiger charge is -2.21. The van der Waals surface area contributed by atoms with E-state index < -0.39 is 6.04 Å². The van der Waals surface area contributed by atoms with Crippen LogP contribution in [0.1, 0.15) is 35.3 Å². The van der Waals surface area contributed by atoms with Gasteiger partial charge in [-0.1, -0.05) is 49.4 Å². The van der Waals surface area contributed by atoms with Gasteiger partial charge in [0.25, 0.3) is 5.91 Å². The summed E-state index contributed by atoms with van der Waals surface area (Å²) in [5.74, 6) is -0.570. The molecule has 6 heteroatoms. The maximum absolute atomic E-state index is 12.8. The molecular formula is C21H23N3O2S. The summed E-state index contributed by atoms with van der Waals surface area (Å²) in [4.78, 5) is 29.9. The molecule has 0 saturated carbocycles. The average molecular weight is 382 g/mol. The van der Waals surface area contributed by atoms with E-state index in [2.05, 4.69) is 15.6 Å². The predicted molar refractivity (Wildman–Crippen MR) is 110 cm³/mol. The summed E-state index contributed by atoms with van der Waals surface area (Å²) < 4.78 is 1.02. The van der Waals surface area contributed by atoms with Gasteiger partial charge < -0.3 is 10.6 Å². The van der Waals surface area contributed by atoms with E-state index in [0.29, 0.717) is 10.7 Å². The SMILES string of the molecule is Cc1ccc2nc(NC(=O)C(NC(=O)c3ccccc3C)C(C)C)sc2c1. The molecule has 0 fully saturated rings. The highest BCUT2D eigenvalue weighted by Gasteiger charge is 2.26. The zero-order chi connectivity index (χ0) is 19.6. The van der Waals surface area contributed by atoms with Crippen LogP contribution in [0.2, 0.25) is 0 Å². The number of aryl methyl sites for hydroxylation is 2. The van der Waals surface area contributed by atoms with E-state index in [1.165, 1.54) is 11.3 Å². The molecule has 2 N–H and O–H groups in total. The third kappa shape index (κ3) is 4.34. The fourth-order valence-corrected chi connectivity index (χ4v) is 3.82. The summed E-state index contributed by atoms with van der Waals surface area (Å²) in [7, 11) is 0. The van der Waals surface area contributed by atoms with Crippen molar-refractivity contribution in [3.63, 3.8) is 0 Å². The second-order valence-electron chi connectivity index (χ2n) is 6.99. The fourth-order valence-electron chi connectivity index (χ4n) is 2.85. The molecule has 1 aromatic heterocycles. The predicted octanol–water partition coefficient (Wildman–Crippen LogP) is 4.31. The molecule has 0 bridgehead atoms. The number of anilines is 1. The smallest absolute Gasteiger partial charge is 0.252 e. The van der Waals surface area contributed by atoms with Crippen molar-refractivity contribution in [1.29, 1.82) is 0 Å². The highest BCUT2D eigenvalue weighted by atomic mass is 32.1. The van der Waals surface area contributed by atoms with E-state index >= 15 is 0 Å². The number of thiazole rings is 1. The van der Waals surface area contributed by atoms with Crippen molar-refractivity contribution in [2.24, 2.45) is 5.92 Å². The van der Waals surface area contributed by atoms with Gasteiger partial charge in [-0.25, -0.2) is 4.98 Å². The number of hydrogen-bond acceptors (Lipinski definition) is 4. The van der Waals surface area contributed by atoms with Gasteiger partial charge in [-0.15, -0.1) is 0 Å². The highest BCUT2D eigenvalue weighted by Crippen LogP contribution is 2.27. The lowest BCUT2D eigenvalue weighted by molar-refractivity contribution is -0.118. The first-order valence-electron chi connectivity index (χ1n) is 8.89. The van der Waals surface area contributed by atoms with E-state index in [1.54, 1.807) is 6.07 Å².